The topological polar surface area (TPSA) is 64.3 Å². The third-order valence-corrected chi connectivity index (χ3v) is 3.57. The van der Waals surface area contributed by atoms with E-state index in [9.17, 15) is 4.79 Å². The van der Waals surface area contributed by atoms with Crippen LogP contribution in [0.1, 0.15) is 24.9 Å². The minimum absolute atomic E-state index is 0.0806. The van der Waals surface area contributed by atoms with Gasteiger partial charge in [0.25, 0.3) is 0 Å². The number of hydrogen-bond donors (Lipinski definition) is 2. The molecule has 1 amide bonds. The Morgan fingerprint density at radius 2 is 2.26 bits per heavy atom. The monoisotopic (exact) mass is 282 g/mol. The molecule has 0 aliphatic heterocycles. The second-order valence-corrected chi connectivity index (χ2v) is 5.38. The lowest BCUT2D eigenvalue weighted by molar-refractivity contribution is -0.123. The quantitative estimate of drug-likeness (QED) is 0.802. The highest BCUT2D eigenvalue weighted by molar-refractivity contribution is 7.98. The molecule has 1 aromatic rings. The largest absolute Gasteiger partial charge is 0.497 e. The number of carbonyl (C=O) groups excluding carboxylic acids is 1. The molecule has 4 nitrogen and oxygen atoms in total. The van der Waals surface area contributed by atoms with Crippen LogP contribution < -0.4 is 15.8 Å². The second-order valence-electron chi connectivity index (χ2n) is 4.39. The average Bonchev–Trinajstić information content (AvgIpc) is 2.44. The van der Waals surface area contributed by atoms with Crippen LogP contribution in [-0.2, 0) is 4.79 Å². The van der Waals surface area contributed by atoms with Crippen molar-refractivity contribution in [2.45, 2.75) is 25.4 Å². The van der Waals surface area contributed by atoms with E-state index in [1.54, 1.807) is 18.9 Å². The van der Waals surface area contributed by atoms with Gasteiger partial charge >= 0.3 is 0 Å². The molecule has 1 aromatic carbocycles. The first-order chi connectivity index (χ1) is 9.08. The van der Waals surface area contributed by atoms with E-state index in [-0.39, 0.29) is 11.9 Å². The van der Waals surface area contributed by atoms with Gasteiger partial charge in [0.1, 0.15) is 5.75 Å². The van der Waals surface area contributed by atoms with Crippen molar-refractivity contribution in [1.82, 2.24) is 5.32 Å². The Labute approximate surface area is 119 Å². The Hall–Kier alpha value is -1.20. The summed E-state index contributed by atoms with van der Waals surface area (Å²) in [7, 11) is 1.63. The van der Waals surface area contributed by atoms with Crippen LogP contribution in [0.25, 0.3) is 0 Å². The van der Waals surface area contributed by atoms with Crippen molar-refractivity contribution < 1.29 is 9.53 Å². The maximum atomic E-state index is 11.9. The predicted octanol–water partition coefficient (Wildman–Crippen LogP) is 1.95. The summed E-state index contributed by atoms with van der Waals surface area (Å²) in [5.41, 5.74) is 6.84. The van der Waals surface area contributed by atoms with Crippen LogP contribution >= 0.6 is 11.8 Å². The Morgan fingerprint density at radius 1 is 1.53 bits per heavy atom. The Morgan fingerprint density at radius 3 is 2.89 bits per heavy atom. The van der Waals surface area contributed by atoms with Gasteiger partial charge in [-0.1, -0.05) is 12.1 Å². The molecule has 19 heavy (non-hydrogen) atoms. The predicted molar refractivity (Wildman–Crippen MR) is 80.5 cm³/mol. The van der Waals surface area contributed by atoms with Crippen molar-refractivity contribution in [2.75, 3.05) is 19.1 Å². The van der Waals surface area contributed by atoms with Crippen LogP contribution in [0.2, 0.25) is 0 Å². The lowest BCUT2D eigenvalue weighted by Crippen LogP contribution is -2.41. The minimum Gasteiger partial charge on any atom is -0.497 e. The fourth-order valence-corrected chi connectivity index (χ4v) is 2.18. The molecule has 0 heterocycles. The molecule has 0 aromatic heterocycles. The van der Waals surface area contributed by atoms with E-state index < -0.39 is 6.04 Å². The lowest BCUT2D eigenvalue weighted by Gasteiger charge is -2.18. The van der Waals surface area contributed by atoms with Gasteiger partial charge in [0.05, 0.1) is 19.2 Å². The molecule has 1 rings (SSSR count). The van der Waals surface area contributed by atoms with Gasteiger partial charge in [0.15, 0.2) is 0 Å². The van der Waals surface area contributed by atoms with Gasteiger partial charge in [0, 0.05) is 0 Å². The number of hydrogen-bond acceptors (Lipinski definition) is 4. The summed E-state index contributed by atoms with van der Waals surface area (Å²) in [4.78, 5) is 11.9. The summed E-state index contributed by atoms with van der Waals surface area (Å²) in [6.07, 6.45) is 2.70. The highest BCUT2D eigenvalue weighted by atomic mass is 32.2. The van der Waals surface area contributed by atoms with Crippen LogP contribution in [0.4, 0.5) is 0 Å². The number of carbonyl (C=O) groups is 1. The fourth-order valence-electron chi connectivity index (χ4n) is 1.69. The smallest absolute Gasteiger partial charge is 0.237 e. The maximum Gasteiger partial charge on any atom is 0.237 e. The molecule has 0 aliphatic carbocycles. The summed E-state index contributed by atoms with van der Waals surface area (Å²) in [5, 5.41) is 2.93. The van der Waals surface area contributed by atoms with Crippen molar-refractivity contribution in [3.8, 4) is 5.75 Å². The summed E-state index contributed by atoms with van der Waals surface area (Å²) in [6, 6.07) is 7.13. The normalized spacial score (nSPS) is 13.7. The molecule has 0 fully saturated rings. The van der Waals surface area contributed by atoms with Gasteiger partial charge in [-0.3, -0.25) is 4.79 Å². The summed E-state index contributed by atoms with van der Waals surface area (Å²) < 4.78 is 5.17. The van der Waals surface area contributed by atoms with E-state index >= 15 is 0 Å². The Balaban J connectivity index is 2.58. The van der Waals surface area contributed by atoms with Crippen molar-refractivity contribution in [3.05, 3.63) is 29.8 Å². The average molecular weight is 282 g/mol. The summed E-state index contributed by atoms with van der Waals surface area (Å²) >= 11 is 1.69. The molecule has 3 N–H and O–H groups in total. The zero-order valence-electron chi connectivity index (χ0n) is 11.7. The minimum atomic E-state index is -0.444. The number of rotatable bonds is 7. The number of nitrogens with one attached hydrogen (secondary N) is 1. The van der Waals surface area contributed by atoms with Crippen LogP contribution in [-0.4, -0.2) is 31.1 Å². The summed E-state index contributed by atoms with van der Waals surface area (Å²) in [5.74, 6) is 1.57. The van der Waals surface area contributed by atoms with Crippen LogP contribution in [0, 0.1) is 0 Å². The van der Waals surface area contributed by atoms with E-state index in [1.165, 1.54) is 0 Å². The number of ether oxygens (including phenoxy) is 1. The van der Waals surface area contributed by atoms with E-state index in [0.29, 0.717) is 6.42 Å². The van der Waals surface area contributed by atoms with Gasteiger partial charge < -0.3 is 15.8 Å². The number of nitrogens with two attached hydrogens (primary N) is 1. The molecule has 0 unspecified atom stereocenters. The zero-order chi connectivity index (χ0) is 14.3. The summed E-state index contributed by atoms with van der Waals surface area (Å²) in [6.45, 7) is 1.94. The van der Waals surface area contributed by atoms with Crippen molar-refractivity contribution in [1.29, 1.82) is 0 Å². The number of methoxy groups -OCH3 is 1. The molecule has 0 bridgehead atoms. The van der Waals surface area contributed by atoms with E-state index in [2.05, 4.69) is 5.32 Å². The number of thioether (sulfide) groups is 1. The SMILES string of the molecule is COc1cccc([C@H](C)NC(=O)[C@H](N)CCSC)c1. The first-order valence-corrected chi connectivity index (χ1v) is 7.66. The van der Waals surface area contributed by atoms with E-state index in [4.69, 9.17) is 10.5 Å². The third-order valence-electron chi connectivity index (χ3n) is 2.92. The molecule has 5 heteroatoms. The molecule has 2 atom stereocenters. The van der Waals surface area contributed by atoms with Gasteiger partial charge in [-0.05, 0) is 43.0 Å². The Bertz CT molecular complexity index is 412. The van der Waals surface area contributed by atoms with Crippen molar-refractivity contribution >= 4 is 17.7 Å². The Kier molecular flexibility index (Phi) is 6.73. The lowest BCUT2D eigenvalue weighted by atomic mass is 10.1. The first kappa shape index (κ1) is 15.9. The van der Waals surface area contributed by atoms with Crippen molar-refractivity contribution in [3.63, 3.8) is 0 Å². The van der Waals surface area contributed by atoms with Gasteiger partial charge in [-0.25, -0.2) is 0 Å². The number of amides is 1. The molecular formula is C14H22N2O2S. The highest BCUT2D eigenvalue weighted by Crippen LogP contribution is 2.18. The van der Waals surface area contributed by atoms with Gasteiger partial charge in [-0.2, -0.15) is 11.8 Å². The first-order valence-electron chi connectivity index (χ1n) is 6.27. The molecule has 0 spiro atoms. The third kappa shape index (κ3) is 5.12. The molecule has 106 valence electrons. The van der Waals surface area contributed by atoms with Crippen LogP contribution in [0.3, 0.4) is 0 Å². The zero-order valence-corrected chi connectivity index (χ0v) is 12.5. The fraction of sp³-hybridized carbons (Fsp3) is 0.500. The number of benzene rings is 1. The van der Waals surface area contributed by atoms with E-state index in [1.807, 2.05) is 37.4 Å². The van der Waals surface area contributed by atoms with Crippen LogP contribution in [0.5, 0.6) is 5.75 Å². The van der Waals surface area contributed by atoms with Crippen LogP contribution in [0.15, 0.2) is 24.3 Å². The van der Waals surface area contributed by atoms with Crippen molar-refractivity contribution in [2.24, 2.45) is 5.73 Å². The second kappa shape index (κ2) is 8.07. The molecule has 0 saturated carbocycles. The standard InChI is InChI=1S/C14H22N2O2S/c1-10(11-5-4-6-12(9-11)18-2)16-14(17)13(15)7-8-19-3/h4-6,9-10,13H,7-8,15H2,1-3H3,(H,16,17)/t10-,13+/m0/s1. The highest BCUT2D eigenvalue weighted by Gasteiger charge is 2.16. The van der Waals surface area contributed by atoms with Gasteiger partial charge in [0.2, 0.25) is 5.91 Å². The molecule has 0 aliphatic rings. The maximum absolute atomic E-state index is 11.9. The van der Waals surface area contributed by atoms with E-state index in [0.717, 1.165) is 17.1 Å². The van der Waals surface area contributed by atoms with Gasteiger partial charge in [-0.15, -0.1) is 0 Å². The molecule has 0 saturated heterocycles. The molecule has 0 radical (unpaired) electrons. The molecular weight excluding hydrogens is 260 g/mol.